The molecular weight excluding hydrogens is 427 g/mol. The first kappa shape index (κ1) is 22.0. The van der Waals surface area contributed by atoms with Gasteiger partial charge in [0.15, 0.2) is 0 Å². The van der Waals surface area contributed by atoms with Crippen molar-refractivity contribution in [2.75, 3.05) is 6.54 Å². The molecular formula is C22H20ClFN2O3S. The van der Waals surface area contributed by atoms with Gasteiger partial charge in [-0.2, -0.15) is 4.31 Å². The van der Waals surface area contributed by atoms with Crippen LogP contribution in [0.25, 0.3) is 0 Å². The van der Waals surface area contributed by atoms with Crippen molar-refractivity contribution < 1.29 is 17.6 Å². The van der Waals surface area contributed by atoms with Gasteiger partial charge in [-0.3, -0.25) is 4.79 Å². The topological polar surface area (TPSA) is 66.5 Å². The van der Waals surface area contributed by atoms with Crippen LogP contribution in [0, 0.1) is 5.82 Å². The maximum atomic E-state index is 13.2. The molecule has 1 amide bonds. The molecule has 0 saturated heterocycles. The summed E-state index contributed by atoms with van der Waals surface area (Å²) in [5.41, 5.74) is 1.57. The van der Waals surface area contributed by atoms with Gasteiger partial charge in [-0.15, -0.1) is 0 Å². The molecule has 30 heavy (non-hydrogen) atoms. The first-order valence-corrected chi connectivity index (χ1v) is 11.0. The number of amides is 1. The molecule has 0 spiro atoms. The van der Waals surface area contributed by atoms with Gasteiger partial charge in [-0.25, -0.2) is 12.8 Å². The molecule has 8 heteroatoms. The number of hydrogen-bond donors (Lipinski definition) is 1. The Bertz CT molecular complexity index is 1090. The minimum atomic E-state index is -4.01. The minimum absolute atomic E-state index is 0.00884. The van der Waals surface area contributed by atoms with Crippen molar-refractivity contribution in [1.29, 1.82) is 0 Å². The number of halogens is 2. The quantitative estimate of drug-likeness (QED) is 0.569. The highest BCUT2D eigenvalue weighted by atomic mass is 35.5. The molecule has 0 radical (unpaired) electrons. The van der Waals surface area contributed by atoms with Crippen molar-refractivity contribution in [3.05, 3.63) is 101 Å². The summed E-state index contributed by atoms with van der Waals surface area (Å²) >= 11 is 5.85. The molecule has 5 nitrogen and oxygen atoms in total. The molecule has 0 aliphatic heterocycles. The van der Waals surface area contributed by atoms with Crippen LogP contribution in [0.3, 0.4) is 0 Å². The molecule has 1 N–H and O–H groups in total. The predicted octanol–water partition coefficient (Wildman–Crippen LogP) is 3.99. The summed E-state index contributed by atoms with van der Waals surface area (Å²) in [6.45, 7) is -0.122. The van der Waals surface area contributed by atoms with Gasteiger partial charge in [0, 0.05) is 18.1 Å². The fraction of sp³-hybridized carbons (Fsp3) is 0.136. The zero-order chi connectivity index (χ0) is 21.6. The van der Waals surface area contributed by atoms with Crippen LogP contribution < -0.4 is 5.32 Å². The van der Waals surface area contributed by atoms with Gasteiger partial charge in [-0.05, 0) is 47.5 Å². The average molecular weight is 447 g/mol. The lowest BCUT2D eigenvalue weighted by Crippen LogP contribution is -2.40. The predicted molar refractivity (Wildman–Crippen MR) is 114 cm³/mol. The molecule has 0 aliphatic carbocycles. The Morgan fingerprint density at radius 3 is 2.17 bits per heavy atom. The summed E-state index contributed by atoms with van der Waals surface area (Å²) in [4.78, 5) is 12.4. The number of benzene rings is 3. The second-order valence-corrected chi connectivity index (χ2v) is 8.99. The van der Waals surface area contributed by atoms with Crippen molar-refractivity contribution >= 4 is 27.5 Å². The molecule has 3 aromatic rings. The molecule has 0 aliphatic rings. The van der Waals surface area contributed by atoms with Gasteiger partial charge in [0.05, 0.1) is 11.4 Å². The Hall–Kier alpha value is -2.74. The second kappa shape index (κ2) is 9.84. The number of nitrogens with one attached hydrogen (secondary N) is 1. The van der Waals surface area contributed by atoms with E-state index in [-0.39, 0.29) is 24.5 Å². The monoisotopic (exact) mass is 446 g/mol. The minimum Gasteiger partial charge on any atom is -0.351 e. The fourth-order valence-electron chi connectivity index (χ4n) is 2.79. The molecule has 156 valence electrons. The van der Waals surface area contributed by atoms with Gasteiger partial charge in [-0.1, -0.05) is 54.1 Å². The summed E-state index contributed by atoms with van der Waals surface area (Å²) in [7, 11) is -4.01. The van der Waals surface area contributed by atoms with E-state index in [0.29, 0.717) is 5.02 Å². The number of nitrogens with zero attached hydrogens (tertiary/aromatic N) is 1. The Labute approximate surface area is 180 Å². The first-order chi connectivity index (χ1) is 14.3. The van der Waals surface area contributed by atoms with E-state index in [9.17, 15) is 17.6 Å². The van der Waals surface area contributed by atoms with Crippen molar-refractivity contribution in [2.24, 2.45) is 0 Å². The zero-order valence-electron chi connectivity index (χ0n) is 16.0. The average Bonchev–Trinajstić information content (AvgIpc) is 2.74. The molecule has 0 unspecified atom stereocenters. The molecule has 0 saturated carbocycles. The summed E-state index contributed by atoms with van der Waals surface area (Å²) in [5, 5.41) is 3.31. The largest absolute Gasteiger partial charge is 0.351 e. The Morgan fingerprint density at radius 1 is 0.900 bits per heavy atom. The zero-order valence-corrected chi connectivity index (χ0v) is 17.5. The SMILES string of the molecule is O=C(CN(Cc1ccccc1)S(=O)(=O)c1ccc(F)cc1)NCc1ccc(Cl)cc1. The third-order valence-corrected chi connectivity index (χ3v) is 6.43. The van der Waals surface area contributed by atoms with Gasteiger partial charge in [0.25, 0.3) is 0 Å². The van der Waals surface area contributed by atoms with Gasteiger partial charge < -0.3 is 5.32 Å². The van der Waals surface area contributed by atoms with Crippen molar-refractivity contribution in [1.82, 2.24) is 9.62 Å². The number of carbonyl (C=O) groups is 1. The lowest BCUT2D eigenvalue weighted by atomic mass is 10.2. The third-order valence-electron chi connectivity index (χ3n) is 4.38. The highest BCUT2D eigenvalue weighted by Gasteiger charge is 2.27. The summed E-state index contributed by atoms with van der Waals surface area (Å²) in [5.74, 6) is -0.990. The van der Waals surface area contributed by atoms with E-state index in [2.05, 4.69) is 5.32 Å². The van der Waals surface area contributed by atoms with E-state index >= 15 is 0 Å². The molecule has 0 fully saturated rings. The first-order valence-electron chi connectivity index (χ1n) is 9.15. The smallest absolute Gasteiger partial charge is 0.243 e. The normalized spacial score (nSPS) is 11.4. The standard InChI is InChI=1S/C22H20ClFN2O3S/c23-19-8-6-17(7-9-19)14-25-22(27)16-26(15-18-4-2-1-3-5-18)30(28,29)21-12-10-20(24)11-13-21/h1-13H,14-16H2,(H,25,27). The van der Waals surface area contributed by atoms with E-state index in [1.165, 1.54) is 12.1 Å². The van der Waals surface area contributed by atoms with Gasteiger partial charge in [0.2, 0.25) is 15.9 Å². The Morgan fingerprint density at radius 2 is 1.53 bits per heavy atom. The molecule has 0 bridgehead atoms. The Balaban J connectivity index is 1.77. The van der Waals surface area contributed by atoms with Crippen LogP contribution in [0.4, 0.5) is 4.39 Å². The highest BCUT2D eigenvalue weighted by Crippen LogP contribution is 2.19. The lowest BCUT2D eigenvalue weighted by molar-refractivity contribution is -0.121. The molecule has 0 atom stereocenters. The van der Waals surface area contributed by atoms with Crippen molar-refractivity contribution in [3.8, 4) is 0 Å². The van der Waals surface area contributed by atoms with Crippen molar-refractivity contribution in [3.63, 3.8) is 0 Å². The molecule has 3 rings (SSSR count). The Kier molecular flexibility index (Phi) is 7.20. The van der Waals surface area contributed by atoms with E-state index in [0.717, 1.165) is 27.6 Å². The summed E-state index contributed by atoms with van der Waals surface area (Å²) < 4.78 is 40.5. The van der Waals surface area contributed by atoms with E-state index < -0.39 is 21.7 Å². The van der Waals surface area contributed by atoms with Gasteiger partial charge >= 0.3 is 0 Å². The van der Waals surface area contributed by atoms with Crippen molar-refractivity contribution in [2.45, 2.75) is 18.0 Å². The molecule has 3 aromatic carbocycles. The highest BCUT2D eigenvalue weighted by molar-refractivity contribution is 7.89. The van der Waals surface area contributed by atoms with E-state index in [4.69, 9.17) is 11.6 Å². The number of rotatable bonds is 8. The molecule has 0 heterocycles. The van der Waals surface area contributed by atoms with Crippen LogP contribution in [0.5, 0.6) is 0 Å². The summed E-state index contributed by atoms with van der Waals surface area (Å²) in [6.07, 6.45) is 0. The fourth-order valence-corrected chi connectivity index (χ4v) is 4.30. The van der Waals surface area contributed by atoms with Crippen LogP contribution >= 0.6 is 11.6 Å². The van der Waals surface area contributed by atoms with Crippen LogP contribution in [-0.4, -0.2) is 25.2 Å². The second-order valence-electron chi connectivity index (χ2n) is 6.62. The van der Waals surface area contributed by atoms with E-state index in [1.54, 1.807) is 48.5 Å². The third kappa shape index (κ3) is 5.89. The van der Waals surface area contributed by atoms with Crippen LogP contribution in [0.15, 0.2) is 83.8 Å². The summed E-state index contributed by atoms with van der Waals surface area (Å²) in [6, 6.07) is 20.5. The van der Waals surface area contributed by atoms with Gasteiger partial charge in [0.1, 0.15) is 5.82 Å². The maximum Gasteiger partial charge on any atom is 0.243 e. The van der Waals surface area contributed by atoms with Crippen LogP contribution in [0.2, 0.25) is 5.02 Å². The maximum absolute atomic E-state index is 13.2. The van der Waals surface area contributed by atoms with E-state index in [1.807, 2.05) is 6.07 Å². The number of hydrogen-bond acceptors (Lipinski definition) is 3. The molecule has 0 aromatic heterocycles. The lowest BCUT2D eigenvalue weighted by Gasteiger charge is -2.22. The number of carbonyl (C=O) groups excluding carboxylic acids is 1. The van der Waals surface area contributed by atoms with Crippen LogP contribution in [0.1, 0.15) is 11.1 Å². The number of sulfonamides is 1. The van der Waals surface area contributed by atoms with Crippen LogP contribution in [-0.2, 0) is 27.9 Å².